The van der Waals surface area contributed by atoms with Crippen LogP contribution >= 0.6 is 11.8 Å². The number of amides is 3. The highest BCUT2D eigenvalue weighted by Crippen LogP contribution is 2.42. The fourth-order valence-corrected chi connectivity index (χ4v) is 7.04. The second-order valence-electron chi connectivity index (χ2n) is 10.2. The molecule has 37 heavy (non-hydrogen) atoms. The van der Waals surface area contributed by atoms with E-state index in [-0.39, 0.29) is 35.5 Å². The molecule has 3 aliphatic rings. The highest BCUT2D eigenvalue weighted by atomic mass is 32.2. The number of primary amides is 1. The average molecular weight is 522 g/mol. The minimum Gasteiger partial charge on any atom is -0.369 e. The summed E-state index contributed by atoms with van der Waals surface area (Å²) in [5.74, 6) is -0.779. The molecular weight excluding hydrogens is 489 g/mol. The molecule has 0 radical (unpaired) electrons. The molecule has 2 aliphatic heterocycles. The van der Waals surface area contributed by atoms with E-state index in [9.17, 15) is 18.8 Å². The normalized spacial score (nSPS) is 23.7. The molecule has 1 aliphatic carbocycles. The van der Waals surface area contributed by atoms with E-state index in [0.717, 1.165) is 36.8 Å². The number of nitrogens with zero attached hydrogens (tertiary/aromatic N) is 2. The van der Waals surface area contributed by atoms with Gasteiger partial charge in [0.1, 0.15) is 5.82 Å². The predicted octanol–water partition coefficient (Wildman–Crippen LogP) is 4.59. The van der Waals surface area contributed by atoms with Gasteiger partial charge < -0.3 is 15.5 Å². The molecule has 2 saturated heterocycles. The van der Waals surface area contributed by atoms with E-state index in [4.69, 9.17) is 5.73 Å². The summed E-state index contributed by atoms with van der Waals surface area (Å²) in [6.45, 7) is 1.52. The molecule has 2 unspecified atom stereocenters. The van der Waals surface area contributed by atoms with Gasteiger partial charge in [-0.05, 0) is 67.2 Å². The van der Waals surface area contributed by atoms with Crippen LogP contribution in [0.3, 0.4) is 0 Å². The number of carbonyl (C=O) groups is 3. The molecule has 0 bridgehead atoms. The maximum atomic E-state index is 13.6. The summed E-state index contributed by atoms with van der Waals surface area (Å²) in [5, 5.41) is 0.349. The lowest BCUT2D eigenvalue weighted by molar-refractivity contribution is -0.130. The lowest BCUT2D eigenvalue weighted by Crippen LogP contribution is -2.50. The van der Waals surface area contributed by atoms with E-state index in [2.05, 4.69) is 0 Å². The van der Waals surface area contributed by atoms with E-state index in [1.807, 2.05) is 23.1 Å². The molecule has 0 spiro atoms. The Bertz CT molecular complexity index is 1190. The Morgan fingerprint density at radius 2 is 1.65 bits per heavy atom. The van der Waals surface area contributed by atoms with Gasteiger partial charge in [-0.2, -0.15) is 0 Å². The van der Waals surface area contributed by atoms with Crippen molar-refractivity contribution in [3.8, 4) is 0 Å². The van der Waals surface area contributed by atoms with Crippen LogP contribution in [0.2, 0.25) is 0 Å². The van der Waals surface area contributed by atoms with Crippen molar-refractivity contribution in [3.63, 3.8) is 0 Å². The van der Waals surface area contributed by atoms with Crippen LogP contribution in [-0.2, 0) is 16.1 Å². The number of hydrogen-bond acceptors (Lipinski definition) is 4. The lowest BCUT2D eigenvalue weighted by Gasteiger charge is -2.44. The average Bonchev–Trinajstić information content (AvgIpc) is 2.92. The highest BCUT2D eigenvalue weighted by Gasteiger charge is 2.40. The largest absolute Gasteiger partial charge is 0.369 e. The van der Waals surface area contributed by atoms with Gasteiger partial charge in [0, 0.05) is 42.4 Å². The first-order valence-corrected chi connectivity index (χ1v) is 13.9. The van der Waals surface area contributed by atoms with Gasteiger partial charge in [-0.1, -0.05) is 37.1 Å². The van der Waals surface area contributed by atoms with Gasteiger partial charge >= 0.3 is 0 Å². The van der Waals surface area contributed by atoms with Gasteiger partial charge in [-0.25, -0.2) is 4.39 Å². The Kier molecular flexibility index (Phi) is 7.65. The third-order valence-electron chi connectivity index (χ3n) is 7.72. The summed E-state index contributed by atoms with van der Waals surface area (Å²) in [6.07, 6.45) is 7.45. The Balaban J connectivity index is 1.30. The van der Waals surface area contributed by atoms with E-state index in [0.29, 0.717) is 48.2 Å². The summed E-state index contributed by atoms with van der Waals surface area (Å²) in [6, 6.07) is 13.9. The van der Waals surface area contributed by atoms with Gasteiger partial charge in [-0.15, -0.1) is 11.8 Å². The van der Waals surface area contributed by atoms with Crippen molar-refractivity contribution in [2.75, 3.05) is 13.1 Å². The van der Waals surface area contributed by atoms with Gasteiger partial charge in [0.15, 0.2) is 0 Å². The minimum absolute atomic E-state index is 0.00921. The Labute approximate surface area is 221 Å². The molecule has 2 heterocycles. The fraction of sp³-hybridized carbons (Fsp3) is 0.414. The standard InChI is InChI=1S/C29H32FN3O3S/c30-23-11-7-20(8-12-23)18-33-24-3-1-2-4-25(24)37-26(29(33)36)17-19-5-9-22(10-6-19)28(35)32-15-13-21(14-16-32)27(31)34/h5-12,17,21,24-25H,1-4,13-16,18H2,(H2,31,34)/b26-17-. The fourth-order valence-electron chi connectivity index (χ4n) is 5.57. The zero-order valence-corrected chi connectivity index (χ0v) is 21.6. The molecule has 0 aromatic heterocycles. The monoisotopic (exact) mass is 521 g/mol. The van der Waals surface area contributed by atoms with Crippen molar-refractivity contribution in [2.45, 2.75) is 56.4 Å². The van der Waals surface area contributed by atoms with Crippen LogP contribution in [0.4, 0.5) is 4.39 Å². The quantitative estimate of drug-likeness (QED) is 0.584. The molecule has 2 aromatic carbocycles. The van der Waals surface area contributed by atoms with Crippen molar-refractivity contribution in [2.24, 2.45) is 11.7 Å². The maximum absolute atomic E-state index is 13.6. The number of likely N-dealkylation sites (tertiary alicyclic amines) is 1. The molecular formula is C29H32FN3O3S. The van der Waals surface area contributed by atoms with E-state index in [1.54, 1.807) is 40.9 Å². The van der Waals surface area contributed by atoms with Crippen LogP contribution in [0.1, 0.15) is 60.0 Å². The van der Waals surface area contributed by atoms with E-state index >= 15 is 0 Å². The molecule has 8 heteroatoms. The lowest BCUT2D eigenvalue weighted by atomic mass is 9.92. The molecule has 3 fully saturated rings. The van der Waals surface area contributed by atoms with Gasteiger partial charge in [0.2, 0.25) is 5.91 Å². The Morgan fingerprint density at radius 3 is 2.32 bits per heavy atom. The second kappa shape index (κ2) is 11.1. The van der Waals surface area contributed by atoms with Crippen molar-refractivity contribution in [1.29, 1.82) is 0 Å². The zero-order chi connectivity index (χ0) is 25.9. The molecule has 1 saturated carbocycles. The number of halogens is 1. The van der Waals surface area contributed by atoms with Gasteiger partial charge in [0.05, 0.1) is 4.91 Å². The molecule has 194 valence electrons. The van der Waals surface area contributed by atoms with Crippen LogP contribution in [-0.4, -0.2) is 51.9 Å². The molecule has 2 aromatic rings. The molecule has 5 rings (SSSR count). The number of carbonyl (C=O) groups excluding carboxylic acids is 3. The molecule has 2 atom stereocenters. The smallest absolute Gasteiger partial charge is 0.260 e. The minimum atomic E-state index is -0.296. The van der Waals surface area contributed by atoms with Crippen LogP contribution in [0, 0.1) is 11.7 Å². The third-order valence-corrected chi connectivity index (χ3v) is 9.12. The molecule has 2 N–H and O–H groups in total. The Morgan fingerprint density at radius 1 is 0.973 bits per heavy atom. The summed E-state index contributed by atoms with van der Waals surface area (Å²) in [5.41, 5.74) is 7.79. The molecule has 3 amide bonds. The second-order valence-corrected chi connectivity index (χ2v) is 11.4. The van der Waals surface area contributed by atoms with Crippen molar-refractivity contribution < 1.29 is 18.8 Å². The van der Waals surface area contributed by atoms with E-state index < -0.39 is 0 Å². The number of hydrogen-bond donors (Lipinski definition) is 1. The number of piperidine rings is 1. The zero-order valence-electron chi connectivity index (χ0n) is 20.8. The van der Waals surface area contributed by atoms with Crippen molar-refractivity contribution >= 4 is 35.6 Å². The van der Waals surface area contributed by atoms with Crippen LogP contribution in [0.5, 0.6) is 0 Å². The van der Waals surface area contributed by atoms with Crippen LogP contribution in [0.25, 0.3) is 6.08 Å². The van der Waals surface area contributed by atoms with Crippen LogP contribution < -0.4 is 5.73 Å². The Hall–Kier alpha value is -3.13. The predicted molar refractivity (Wildman–Crippen MR) is 143 cm³/mol. The highest BCUT2D eigenvalue weighted by molar-refractivity contribution is 8.04. The number of rotatable bonds is 5. The first-order valence-electron chi connectivity index (χ1n) is 13.0. The first kappa shape index (κ1) is 25.5. The van der Waals surface area contributed by atoms with Crippen molar-refractivity contribution in [1.82, 2.24) is 9.80 Å². The number of nitrogens with two attached hydrogens (primary N) is 1. The first-order chi connectivity index (χ1) is 17.9. The summed E-state index contributed by atoms with van der Waals surface area (Å²) < 4.78 is 13.4. The number of thioether (sulfide) groups is 1. The van der Waals surface area contributed by atoms with Crippen LogP contribution in [0.15, 0.2) is 53.4 Å². The van der Waals surface area contributed by atoms with Gasteiger partial charge in [-0.3, -0.25) is 14.4 Å². The van der Waals surface area contributed by atoms with Crippen molar-refractivity contribution in [3.05, 3.63) is 75.9 Å². The SMILES string of the molecule is NC(=O)C1CCN(C(=O)c2ccc(/C=C3\SC4CCCCC4N(Cc4ccc(F)cc4)C3=O)cc2)CC1. The maximum Gasteiger partial charge on any atom is 0.260 e. The summed E-state index contributed by atoms with van der Waals surface area (Å²) in [7, 11) is 0. The topological polar surface area (TPSA) is 83.7 Å². The third kappa shape index (κ3) is 5.74. The number of fused-ring (bicyclic) bond motifs is 1. The van der Waals surface area contributed by atoms with E-state index in [1.165, 1.54) is 12.1 Å². The van der Waals surface area contributed by atoms with Gasteiger partial charge in [0.25, 0.3) is 11.8 Å². The summed E-state index contributed by atoms with van der Waals surface area (Å²) >= 11 is 1.67. The molecule has 6 nitrogen and oxygen atoms in total. The number of benzene rings is 2. The summed E-state index contributed by atoms with van der Waals surface area (Å²) in [4.78, 5) is 42.3.